The van der Waals surface area contributed by atoms with Crippen molar-refractivity contribution in [3.63, 3.8) is 0 Å². The molecule has 2 atom stereocenters. The van der Waals surface area contributed by atoms with Crippen LogP contribution < -0.4 is 5.32 Å². The Balaban J connectivity index is 1.37. The number of nitrogens with zero attached hydrogens (tertiary/aromatic N) is 5. The molecule has 2 unspecified atom stereocenters. The minimum Gasteiger partial charge on any atom is -0.350 e. The third-order valence-corrected chi connectivity index (χ3v) is 6.57. The first-order valence-corrected chi connectivity index (χ1v) is 11.9. The first kappa shape index (κ1) is 24.2. The molecule has 0 spiro atoms. The summed E-state index contributed by atoms with van der Waals surface area (Å²) in [4.78, 5) is 43.8. The number of benzene rings is 1. The van der Waals surface area contributed by atoms with Gasteiger partial charge in [-0.25, -0.2) is 4.39 Å². The summed E-state index contributed by atoms with van der Waals surface area (Å²) in [6, 6.07) is 10.1. The van der Waals surface area contributed by atoms with E-state index in [2.05, 4.69) is 20.5 Å². The normalized spacial score (nSPS) is 17.2. The maximum absolute atomic E-state index is 14.4. The topological polar surface area (TPSA) is 110 Å². The number of likely N-dealkylation sites (tertiary alicyclic amines) is 1. The number of hydrogen-bond donors (Lipinski definition) is 1. The van der Waals surface area contributed by atoms with Crippen molar-refractivity contribution in [2.45, 2.75) is 38.6 Å². The Morgan fingerprint density at radius 3 is 2.59 bits per heavy atom. The quantitative estimate of drug-likeness (QED) is 0.391. The van der Waals surface area contributed by atoms with Crippen LogP contribution in [0.15, 0.2) is 67.4 Å². The molecule has 1 N–H and O–H groups in total. The fourth-order valence-electron chi connectivity index (χ4n) is 4.70. The lowest BCUT2D eigenvalue weighted by atomic mass is 10.0. The van der Waals surface area contributed by atoms with Gasteiger partial charge in [-0.15, -0.1) is 0 Å². The molecule has 10 heteroatoms. The average Bonchev–Trinajstić information content (AvgIpc) is 3.49. The van der Waals surface area contributed by atoms with Gasteiger partial charge in [0.1, 0.15) is 18.8 Å². The van der Waals surface area contributed by atoms with Gasteiger partial charge >= 0.3 is 0 Å². The molecule has 0 aliphatic carbocycles. The van der Waals surface area contributed by atoms with Gasteiger partial charge in [0.25, 0.3) is 0 Å². The summed E-state index contributed by atoms with van der Waals surface area (Å²) in [6.07, 6.45) is 6.77. The number of fused-ring (bicyclic) bond motifs is 1. The SMILES string of the molecule is CC(=O)c1cn(CC(=O)N2CC(F)CC2C(=O)NCc2ccncc2)c2ccc(-c3ccnnc3)cc12. The first-order valence-electron chi connectivity index (χ1n) is 11.9. The summed E-state index contributed by atoms with van der Waals surface area (Å²) in [5.74, 6) is -0.930. The molecule has 37 heavy (non-hydrogen) atoms. The summed E-state index contributed by atoms with van der Waals surface area (Å²) < 4.78 is 16.1. The number of amides is 2. The number of halogens is 1. The molecule has 2 amide bonds. The molecule has 1 aliphatic heterocycles. The predicted octanol–water partition coefficient (Wildman–Crippen LogP) is 2.95. The number of carbonyl (C=O) groups excluding carboxylic acids is 3. The summed E-state index contributed by atoms with van der Waals surface area (Å²) in [6.45, 7) is 1.46. The van der Waals surface area contributed by atoms with Gasteiger partial charge in [0.15, 0.2) is 5.78 Å². The highest BCUT2D eigenvalue weighted by Crippen LogP contribution is 2.29. The van der Waals surface area contributed by atoms with Crippen LogP contribution in [0.1, 0.15) is 29.3 Å². The van der Waals surface area contributed by atoms with E-state index in [-0.39, 0.29) is 31.8 Å². The van der Waals surface area contributed by atoms with Crippen molar-refractivity contribution in [1.29, 1.82) is 0 Å². The molecular formula is C27H25FN6O3. The molecule has 1 aromatic carbocycles. The second kappa shape index (κ2) is 10.3. The van der Waals surface area contributed by atoms with Crippen molar-refractivity contribution in [3.8, 4) is 11.1 Å². The molecule has 1 saturated heterocycles. The Morgan fingerprint density at radius 2 is 1.86 bits per heavy atom. The number of rotatable bonds is 7. The number of ketones is 1. The van der Waals surface area contributed by atoms with Crippen LogP contribution in [0.3, 0.4) is 0 Å². The molecular weight excluding hydrogens is 475 g/mol. The van der Waals surface area contributed by atoms with Gasteiger partial charge in [0.05, 0.1) is 18.9 Å². The van der Waals surface area contributed by atoms with Crippen LogP contribution >= 0.6 is 0 Å². The van der Waals surface area contributed by atoms with Gasteiger partial charge < -0.3 is 14.8 Å². The third-order valence-electron chi connectivity index (χ3n) is 6.57. The van der Waals surface area contributed by atoms with Crippen LogP contribution in [0, 0.1) is 0 Å². The van der Waals surface area contributed by atoms with Gasteiger partial charge in [0.2, 0.25) is 11.8 Å². The predicted molar refractivity (Wildman–Crippen MR) is 134 cm³/mol. The molecule has 188 valence electrons. The largest absolute Gasteiger partial charge is 0.350 e. The monoisotopic (exact) mass is 500 g/mol. The number of alkyl halides is 1. The minimum absolute atomic E-state index is 0.0532. The number of carbonyl (C=O) groups is 3. The van der Waals surface area contributed by atoms with Crippen molar-refractivity contribution < 1.29 is 18.8 Å². The highest BCUT2D eigenvalue weighted by Gasteiger charge is 2.39. The van der Waals surface area contributed by atoms with Gasteiger partial charge in [-0.05, 0) is 48.4 Å². The number of pyridine rings is 1. The minimum atomic E-state index is -1.29. The molecule has 1 fully saturated rings. The summed E-state index contributed by atoms with van der Waals surface area (Å²) in [5.41, 5.74) is 3.73. The number of Topliss-reactive ketones (excluding diaryl/α,β-unsaturated/α-hetero) is 1. The maximum atomic E-state index is 14.4. The van der Waals surface area contributed by atoms with E-state index in [1.807, 2.05) is 24.3 Å². The van der Waals surface area contributed by atoms with E-state index in [0.717, 1.165) is 16.7 Å². The zero-order valence-electron chi connectivity index (χ0n) is 20.2. The molecule has 9 nitrogen and oxygen atoms in total. The highest BCUT2D eigenvalue weighted by molar-refractivity contribution is 6.08. The molecule has 4 aromatic rings. The van der Waals surface area contributed by atoms with Crippen molar-refractivity contribution in [1.82, 2.24) is 30.0 Å². The molecule has 3 aromatic heterocycles. The third kappa shape index (κ3) is 5.09. The van der Waals surface area contributed by atoms with Crippen molar-refractivity contribution in [3.05, 3.63) is 78.5 Å². The Kier molecular flexibility index (Phi) is 6.72. The first-order chi connectivity index (χ1) is 17.9. The Labute approximate surface area is 212 Å². The van der Waals surface area contributed by atoms with Gasteiger partial charge in [-0.1, -0.05) is 6.07 Å². The Bertz CT molecular complexity index is 1460. The van der Waals surface area contributed by atoms with Gasteiger partial charge in [-0.3, -0.25) is 19.4 Å². The van der Waals surface area contributed by atoms with Crippen LogP contribution in [0.4, 0.5) is 4.39 Å². The zero-order chi connectivity index (χ0) is 25.9. The molecule has 0 bridgehead atoms. The van der Waals surface area contributed by atoms with Gasteiger partial charge in [-0.2, -0.15) is 10.2 Å². The fraction of sp³-hybridized carbons (Fsp3) is 0.259. The fourth-order valence-corrected chi connectivity index (χ4v) is 4.70. The Morgan fingerprint density at radius 1 is 1.05 bits per heavy atom. The Hall–Kier alpha value is -4.47. The lowest BCUT2D eigenvalue weighted by Crippen LogP contribution is -2.46. The second-order valence-electron chi connectivity index (χ2n) is 9.06. The van der Waals surface area contributed by atoms with Crippen LogP contribution in [-0.4, -0.2) is 61.0 Å². The molecule has 5 rings (SSSR count). The number of nitrogens with one attached hydrogen (secondary N) is 1. The lowest BCUT2D eigenvalue weighted by molar-refractivity contribution is -0.139. The number of hydrogen-bond acceptors (Lipinski definition) is 6. The summed E-state index contributed by atoms with van der Waals surface area (Å²) in [7, 11) is 0. The van der Waals surface area contributed by atoms with E-state index in [9.17, 15) is 18.8 Å². The van der Waals surface area contributed by atoms with Crippen molar-refractivity contribution in [2.24, 2.45) is 0 Å². The highest BCUT2D eigenvalue weighted by atomic mass is 19.1. The molecule has 4 heterocycles. The van der Waals surface area contributed by atoms with Gasteiger partial charge in [0, 0.05) is 53.6 Å². The van der Waals surface area contributed by atoms with E-state index in [0.29, 0.717) is 16.5 Å². The standard InChI is InChI=1S/C27H25FN6O3/c1-17(35)23-15-33(24-3-2-19(10-22(23)24)20-6-9-31-32-13-20)16-26(36)34-14-21(28)11-25(34)27(37)30-12-18-4-7-29-8-5-18/h2-10,13,15,21,25H,11-12,14,16H2,1H3,(H,30,37). The van der Waals surface area contributed by atoms with E-state index in [1.165, 1.54) is 11.8 Å². The summed E-state index contributed by atoms with van der Waals surface area (Å²) in [5, 5.41) is 11.2. The second-order valence-corrected chi connectivity index (χ2v) is 9.06. The van der Waals surface area contributed by atoms with Crippen molar-refractivity contribution >= 4 is 28.5 Å². The van der Waals surface area contributed by atoms with E-state index >= 15 is 0 Å². The average molecular weight is 501 g/mol. The molecule has 0 saturated carbocycles. The smallest absolute Gasteiger partial charge is 0.243 e. The van der Waals surface area contributed by atoms with Crippen molar-refractivity contribution in [2.75, 3.05) is 6.54 Å². The van der Waals surface area contributed by atoms with Crippen LogP contribution in [0.2, 0.25) is 0 Å². The molecule has 0 radical (unpaired) electrons. The van der Waals surface area contributed by atoms with Crippen LogP contribution in [0.25, 0.3) is 22.0 Å². The van der Waals surface area contributed by atoms with Crippen LogP contribution in [-0.2, 0) is 22.7 Å². The lowest BCUT2D eigenvalue weighted by Gasteiger charge is -2.24. The van der Waals surface area contributed by atoms with Crippen LogP contribution in [0.5, 0.6) is 0 Å². The maximum Gasteiger partial charge on any atom is 0.243 e. The zero-order valence-corrected chi connectivity index (χ0v) is 20.2. The number of aromatic nitrogens is 4. The molecule has 1 aliphatic rings. The van der Waals surface area contributed by atoms with E-state index in [4.69, 9.17) is 0 Å². The van der Waals surface area contributed by atoms with E-state index < -0.39 is 24.0 Å². The summed E-state index contributed by atoms with van der Waals surface area (Å²) >= 11 is 0. The van der Waals surface area contributed by atoms with E-state index in [1.54, 1.807) is 47.7 Å².